The van der Waals surface area contributed by atoms with Crippen LogP contribution in [0.15, 0.2) is 34.2 Å². The number of hydrogen-bond donors (Lipinski definition) is 1. The summed E-state index contributed by atoms with van der Waals surface area (Å²) in [4.78, 5) is 33.5. The molecule has 8 heteroatoms. The molecule has 0 saturated heterocycles. The molecule has 1 aliphatic carbocycles. The Labute approximate surface area is 202 Å². The maximum absolute atomic E-state index is 13.8. The molecule has 6 nitrogen and oxygen atoms in total. The van der Waals surface area contributed by atoms with Crippen LogP contribution in [0.2, 0.25) is 0 Å². The number of hydrogen-bond acceptors (Lipinski definition) is 6. The van der Waals surface area contributed by atoms with E-state index < -0.39 is 0 Å². The quantitative estimate of drug-likeness (QED) is 0.271. The normalized spacial score (nSPS) is 14.3. The van der Waals surface area contributed by atoms with Gasteiger partial charge in [0.05, 0.1) is 16.3 Å². The Balaban J connectivity index is 1.67. The van der Waals surface area contributed by atoms with E-state index in [2.05, 4.69) is 5.32 Å². The molecule has 33 heavy (non-hydrogen) atoms. The highest BCUT2D eigenvalue weighted by molar-refractivity contribution is 8.00. The van der Waals surface area contributed by atoms with E-state index in [-0.39, 0.29) is 16.7 Å². The van der Waals surface area contributed by atoms with Crippen LogP contribution in [0.3, 0.4) is 0 Å². The van der Waals surface area contributed by atoms with Crippen molar-refractivity contribution >= 4 is 39.2 Å². The second-order valence-corrected chi connectivity index (χ2v) is 10.8. The van der Waals surface area contributed by atoms with Crippen molar-refractivity contribution in [2.24, 2.45) is 0 Å². The molecule has 1 amide bonds. The molecule has 0 aliphatic heterocycles. The second kappa shape index (κ2) is 10.8. The van der Waals surface area contributed by atoms with Gasteiger partial charge in [-0.3, -0.25) is 14.2 Å². The molecule has 0 spiro atoms. The number of carbonyl (C=O) groups excluding carboxylic acids is 1. The van der Waals surface area contributed by atoms with Gasteiger partial charge in [0.1, 0.15) is 4.83 Å². The number of aryl methyl sites for hydroxylation is 3. The first kappa shape index (κ1) is 24.0. The molecule has 1 unspecified atom stereocenters. The van der Waals surface area contributed by atoms with Crippen molar-refractivity contribution in [1.82, 2.24) is 14.9 Å². The van der Waals surface area contributed by atoms with Crippen molar-refractivity contribution in [1.29, 1.82) is 0 Å². The third-order valence-corrected chi connectivity index (χ3v) is 8.11. The van der Waals surface area contributed by atoms with Crippen LogP contribution >= 0.6 is 23.1 Å². The van der Waals surface area contributed by atoms with E-state index in [0.29, 0.717) is 24.9 Å². The summed E-state index contributed by atoms with van der Waals surface area (Å²) in [6.07, 6.45) is 5.00. The van der Waals surface area contributed by atoms with Crippen LogP contribution in [0.1, 0.15) is 49.1 Å². The minimum absolute atomic E-state index is 0.0323. The number of amides is 1. The highest BCUT2D eigenvalue weighted by Crippen LogP contribution is 2.35. The zero-order valence-corrected chi connectivity index (χ0v) is 21.1. The number of nitrogens with zero attached hydrogens (tertiary/aromatic N) is 2. The average molecular weight is 486 g/mol. The van der Waals surface area contributed by atoms with Gasteiger partial charge in [0, 0.05) is 24.6 Å². The Kier molecular flexibility index (Phi) is 7.88. The van der Waals surface area contributed by atoms with Crippen molar-refractivity contribution in [3.63, 3.8) is 0 Å². The summed E-state index contributed by atoms with van der Waals surface area (Å²) in [6, 6.07) is 7.90. The van der Waals surface area contributed by atoms with Crippen LogP contribution in [-0.4, -0.2) is 40.5 Å². The van der Waals surface area contributed by atoms with Gasteiger partial charge in [-0.1, -0.05) is 29.5 Å². The zero-order valence-electron chi connectivity index (χ0n) is 19.5. The molecule has 3 aromatic rings. The number of nitrogens with one attached hydrogen (secondary N) is 1. The van der Waals surface area contributed by atoms with Crippen molar-refractivity contribution in [2.75, 3.05) is 19.8 Å². The predicted molar refractivity (Wildman–Crippen MR) is 136 cm³/mol. The van der Waals surface area contributed by atoms with Gasteiger partial charge >= 0.3 is 0 Å². The van der Waals surface area contributed by atoms with E-state index in [1.54, 1.807) is 15.9 Å². The number of benzene rings is 1. The van der Waals surface area contributed by atoms with Crippen LogP contribution in [0.4, 0.5) is 0 Å². The molecule has 0 radical (unpaired) electrons. The summed E-state index contributed by atoms with van der Waals surface area (Å²) in [6.45, 7) is 7.72. The summed E-state index contributed by atoms with van der Waals surface area (Å²) in [5.74, 6) is -0.0632. The fourth-order valence-corrected chi connectivity index (χ4v) is 6.33. The number of rotatable bonds is 9. The van der Waals surface area contributed by atoms with Gasteiger partial charge in [-0.05, 0) is 70.6 Å². The van der Waals surface area contributed by atoms with Gasteiger partial charge in [-0.2, -0.15) is 0 Å². The highest BCUT2D eigenvalue weighted by atomic mass is 32.2. The first-order chi connectivity index (χ1) is 16.0. The third-order valence-electron chi connectivity index (χ3n) is 5.87. The Bertz CT molecular complexity index is 1180. The molecule has 0 fully saturated rings. The summed E-state index contributed by atoms with van der Waals surface area (Å²) < 4.78 is 7.02. The van der Waals surface area contributed by atoms with Gasteiger partial charge in [0.25, 0.3) is 5.56 Å². The molecule has 0 bridgehead atoms. The Morgan fingerprint density at radius 1 is 1.27 bits per heavy atom. The lowest BCUT2D eigenvalue weighted by molar-refractivity contribution is -0.120. The molecule has 1 N–H and O–H groups in total. The molecular weight excluding hydrogens is 454 g/mol. The molecule has 1 aliphatic rings. The second-order valence-electron chi connectivity index (χ2n) is 8.36. The van der Waals surface area contributed by atoms with E-state index >= 15 is 0 Å². The molecule has 1 aromatic carbocycles. The first-order valence-corrected chi connectivity index (χ1v) is 13.4. The summed E-state index contributed by atoms with van der Waals surface area (Å²) in [5.41, 5.74) is 3.05. The van der Waals surface area contributed by atoms with Crippen LogP contribution in [0.5, 0.6) is 0 Å². The van der Waals surface area contributed by atoms with Crippen molar-refractivity contribution in [3.8, 4) is 5.69 Å². The van der Waals surface area contributed by atoms with Gasteiger partial charge in [-0.15, -0.1) is 11.3 Å². The topological polar surface area (TPSA) is 73.2 Å². The average Bonchev–Trinajstić information content (AvgIpc) is 3.18. The van der Waals surface area contributed by atoms with E-state index in [1.807, 2.05) is 45.0 Å². The van der Waals surface area contributed by atoms with Crippen molar-refractivity contribution in [2.45, 2.75) is 63.3 Å². The lowest BCUT2D eigenvalue weighted by Gasteiger charge is -2.16. The number of fused-ring (bicyclic) bond motifs is 3. The molecule has 2 aromatic heterocycles. The summed E-state index contributed by atoms with van der Waals surface area (Å²) in [7, 11) is 0. The smallest absolute Gasteiger partial charge is 0.267 e. The number of ether oxygens (including phenoxy) is 1. The minimum Gasteiger partial charge on any atom is -0.382 e. The Hall–Kier alpha value is -2.16. The fraction of sp³-hybridized carbons (Fsp3) is 0.480. The van der Waals surface area contributed by atoms with E-state index in [0.717, 1.165) is 53.6 Å². The number of aromatic nitrogens is 2. The molecular formula is C25H31N3O3S2. The standard InChI is InChI=1S/C25H31N3O3S2/c1-4-31-15-7-14-26-22(29)17(3)32-25-27-23-21(19-8-5-6-9-20(19)33-23)24(30)28(25)18-12-10-16(2)11-13-18/h10-13,17H,4-9,14-15H2,1-3H3,(H,26,29). The Morgan fingerprint density at radius 2 is 2.03 bits per heavy atom. The molecule has 0 saturated carbocycles. The van der Waals surface area contributed by atoms with Crippen molar-refractivity contribution < 1.29 is 9.53 Å². The van der Waals surface area contributed by atoms with Gasteiger partial charge in [0.15, 0.2) is 5.16 Å². The maximum Gasteiger partial charge on any atom is 0.267 e. The first-order valence-electron chi connectivity index (χ1n) is 11.7. The highest BCUT2D eigenvalue weighted by Gasteiger charge is 2.25. The molecule has 176 valence electrons. The molecule has 2 heterocycles. The van der Waals surface area contributed by atoms with E-state index in [4.69, 9.17) is 9.72 Å². The van der Waals surface area contributed by atoms with Crippen LogP contribution in [0.25, 0.3) is 15.9 Å². The Morgan fingerprint density at radius 3 is 2.79 bits per heavy atom. The van der Waals surface area contributed by atoms with Crippen LogP contribution in [0, 0.1) is 6.92 Å². The SMILES string of the molecule is CCOCCCNC(=O)C(C)Sc1nc2sc3c(c2c(=O)n1-c1ccc(C)cc1)CCCC3. The van der Waals surface area contributed by atoms with Gasteiger partial charge in [-0.25, -0.2) is 4.98 Å². The number of thioether (sulfide) groups is 1. The third kappa shape index (κ3) is 5.34. The monoisotopic (exact) mass is 485 g/mol. The molecule has 4 rings (SSSR count). The van der Waals surface area contributed by atoms with Crippen LogP contribution in [-0.2, 0) is 22.4 Å². The fourth-order valence-electron chi connectivity index (χ4n) is 4.07. The summed E-state index contributed by atoms with van der Waals surface area (Å²) >= 11 is 2.97. The lowest BCUT2D eigenvalue weighted by Crippen LogP contribution is -2.33. The number of carbonyl (C=O) groups is 1. The van der Waals surface area contributed by atoms with Crippen LogP contribution < -0.4 is 10.9 Å². The lowest BCUT2D eigenvalue weighted by atomic mass is 9.97. The van der Waals surface area contributed by atoms with Gasteiger partial charge < -0.3 is 10.1 Å². The zero-order chi connectivity index (χ0) is 23.4. The van der Waals surface area contributed by atoms with E-state index in [1.165, 1.54) is 22.2 Å². The van der Waals surface area contributed by atoms with E-state index in [9.17, 15) is 9.59 Å². The maximum atomic E-state index is 13.8. The van der Waals surface area contributed by atoms with Crippen molar-refractivity contribution in [3.05, 3.63) is 50.6 Å². The predicted octanol–water partition coefficient (Wildman–Crippen LogP) is 4.66. The summed E-state index contributed by atoms with van der Waals surface area (Å²) in [5, 5.41) is 3.90. The largest absolute Gasteiger partial charge is 0.382 e. The minimum atomic E-state index is -0.382. The van der Waals surface area contributed by atoms with Gasteiger partial charge in [0.2, 0.25) is 5.91 Å². The number of thiophene rings is 1. The molecule has 1 atom stereocenters.